The van der Waals surface area contributed by atoms with Crippen LogP contribution >= 0.6 is 11.6 Å². The second-order valence-corrected chi connectivity index (χ2v) is 3.63. The summed E-state index contributed by atoms with van der Waals surface area (Å²) in [7, 11) is 1.06. The molecule has 0 spiro atoms. The van der Waals surface area contributed by atoms with E-state index >= 15 is 0 Å². The Labute approximate surface area is 99.8 Å². The highest BCUT2D eigenvalue weighted by molar-refractivity contribution is 6.32. The van der Waals surface area contributed by atoms with E-state index in [1.165, 1.54) is 0 Å². The lowest BCUT2D eigenvalue weighted by Gasteiger charge is -2.14. The first-order valence-electron chi connectivity index (χ1n) is 4.41. The monoisotopic (exact) mass is 268 g/mol. The van der Waals surface area contributed by atoms with E-state index in [1.54, 1.807) is 0 Å². The quantitative estimate of drug-likeness (QED) is 0.917. The van der Waals surface area contributed by atoms with E-state index in [9.17, 15) is 18.0 Å². The fourth-order valence-electron chi connectivity index (χ4n) is 1.34. The first kappa shape index (κ1) is 13.6. The molecule has 94 valence electrons. The average molecular weight is 269 g/mol. The minimum absolute atomic E-state index is 0.0318. The maximum atomic E-state index is 12.6. The van der Waals surface area contributed by atoms with Crippen molar-refractivity contribution in [2.45, 2.75) is 12.6 Å². The minimum Gasteiger partial charge on any atom is -0.495 e. The molecule has 1 N–H and O–H groups in total. The number of carboxylic acids is 1. The van der Waals surface area contributed by atoms with Gasteiger partial charge in [0, 0.05) is 0 Å². The van der Waals surface area contributed by atoms with Gasteiger partial charge in [-0.2, -0.15) is 13.2 Å². The van der Waals surface area contributed by atoms with Crippen LogP contribution < -0.4 is 4.74 Å². The second kappa shape index (κ2) is 4.83. The summed E-state index contributed by atoms with van der Waals surface area (Å²) in [5.74, 6) is -1.74. The lowest BCUT2D eigenvalue weighted by Crippen LogP contribution is -2.10. The van der Waals surface area contributed by atoms with E-state index in [0.717, 1.165) is 19.2 Å². The van der Waals surface area contributed by atoms with Gasteiger partial charge in [-0.1, -0.05) is 11.6 Å². The van der Waals surface area contributed by atoms with Gasteiger partial charge in [-0.15, -0.1) is 0 Å². The zero-order valence-electron chi connectivity index (χ0n) is 8.64. The van der Waals surface area contributed by atoms with Crippen LogP contribution in [0.1, 0.15) is 11.1 Å². The van der Waals surface area contributed by atoms with Crippen LogP contribution in [0.2, 0.25) is 5.02 Å². The molecule has 0 unspecified atom stereocenters. The fourth-order valence-corrected chi connectivity index (χ4v) is 1.66. The van der Waals surface area contributed by atoms with E-state index in [0.29, 0.717) is 0 Å². The third-order valence-electron chi connectivity index (χ3n) is 1.97. The number of halogens is 4. The summed E-state index contributed by atoms with van der Waals surface area (Å²) in [5.41, 5.74) is -1.11. The number of methoxy groups -OCH3 is 1. The van der Waals surface area contributed by atoms with Gasteiger partial charge in [-0.3, -0.25) is 4.79 Å². The average Bonchev–Trinajstić information content (AvgIpc) is 2.14. The molecule has 0 saturated heterocycles. The van der Waals surface area contributed by atoms with Gasteiger partial charge in [0.25, 0.3) is 0 Å². The first-order chi connectivity index (χ1) is 7.75. The van der Waals surface area contributed by atoms with Crippen LogP contribution in [0.25, 0.3) is 0 Å². The molecule has 0 heterocycles. The van der Waals surface area contributed by atoms with Gasteiger partial charge < -0.3 is 9.84 Å². The van der Waals surface area contributed by atoms with Crippen molar-refractivity contribution < 1.29 is 27.8 Å². The molecule has 0 aliphatic rings. The lowest BCUT2D eigenvalue weighted by atomic mass is 10.1. The van der Waals surface area contributed by atoms with Crippen molar-refractivity contribution in [2.24, 2.45) is 0 Å². The molecule has 3 nitrogen and oxygen atoms in total. The third-order valence-corrected chi connectivity index (χ3v) is 2.25. The minimum atomic E-state index is -4.65. The van der Waals surface area contributed by atoms with E-state index in [4.69, 9.17) is 16.7 Å². The highest BCUT2D eigenvalue weighted by atomic mass is 35.5. The van der Waals surface area contributed by atoms with Gasteiger partial charge in [0.2, 0.25) is 0 Å². The van der Waals surface area contributed by atoms with Crippen molar-refractivity contribution in [1.29, 1.82) is 0 Å². The summed E-state index contributed by atoms with van der Waals surface area (Å²) in [6, 6.07) is 1.86. The molecule has 0 aromatic heterocycles. The summed E-state index contributed by atoms with van der Waals surface area (Å²) in [6.45, 7) is 0. The van der Waals surface area contributed by atoms with Crippen molar-refractivity contribution in [3.8, 4) is 5.75 Å². The summed E-state index contributed by atoms with van der Waals surface area (Å²) in [6.07, 6.45) is -5.18. The van der Waals surface area contributed by atoms with Crippen LogP contribution in [0.5, 0.6) is 5.75 Å². The summed E-state index contributed by atoms with van der Waals surface area (Å²) in [5, 5.41) is 8.26. The zero-order chi connectivity index (χ0) is 13.2. The van der Waals surface area contributed by atoms with Crippen molar-refractivity contribution in [3.05, 3.63) is 28.3 Å². The summed E-state index contributed by atoms with van der Waals surface area (Å²) < 4.78 is 42.5. The molecule has 1 rings (SSSR count). The Balaban J connectivity index is 3.34. The largest absolute Gasteiger partial charge is 0.495 e. The van der Waals surface area contributed by atoms with Crippen LogP contribution in [-0.2, 0) is 17.4 Å². The Kier molecular flexibility index (Phi) is 3.87. The highest BCUT2D eigenvalue weighted by Crippen LogP contribution is 2.41. The molecule has 0 amide bonds. The van der Waals surface area contributed by atoms with E-state index < -0.39 is 29.9 Å². The molecule has 1 aromatic rings. The van der Waals surface area contributed by atoms with Crippen LogP contribution in [0, 0.1) is 0 Å². The Morgan fingerprint density at radius 2 is 2.06 bits per heavy atom. The third kappa shape index (κ3) is 3.26. The summed E-state index contributed by atoms with van der Waals surface area (Å²) in [4.78, 5) is 10.4. The van der Waals surface area contributed by atoms with Gasteiger partial charge in [0.15, 0.2) is 0 Å². The molecule has 0 saturated carbocycles. The Hall–Kier alpha value is -1.43. The molecule has 0 bridgehead atoms. The molecule has 0 aliphatic carbocycles. The normalized spacial score (nSPS) is 11.4. The second-order valence-electron chi connectivity index (χ2n) is 3.23. The molecule has 0 radical (unpaired) electrons. The highest BCUT2D eigenvalue weighted by Gasteiger charge is 2.35. The van der Waals surface area contributed by atoms with Crippen molar-refractivity contribution in [2.75, 3.05) is 7.11 Å². The Morgan fingerprint density at radius 3 is 2.47 bits per heavy atom. The van der Waals surface area contributed by atoms with Crippen molar-refractivity contribution >= 4 is 17.6 Å². The van der Waals surface area contributed by atoms with Gasteiger partial charge >= 0.3 is 12.1 Å². The molecular weight excluding hydrogens is 261 g/mol. The fraction of sp³-hybridized carbons (Fsp3) is 0.300. The van der Waals surface area contributed by atoms with Gasteiger partial charge in [-0.05, 0) is 17.7 Å². The predicted molar refractivity (Wildman–Crippen MR) is 54.3 cm³/mol. The van der Waals surface area contributed by atoms with Crippen molar-refractivity contribution in [1.82, 2.24) is 0 Å². The van der Waals surface area contributed by atoms with Crippen LogP contribution in [0.4, 0.5) is 13.2 Å². The van der Waals surface area contributed by atoms with Gasteiger partial charge in [-0.25, -0.2) is 0 Å². The maximum absolute atomic E-state index is 12.6. The van der Waals surface area contributed by atoms with E-state index in [2.05, 4.69) is 4.74 Å². The SMILES string of the molecule is COc1c(Cl)cc(CC(=O)O)cc1C(F)(F)F. The van der Waals surface area contributed by atoms with E-state index in [-0.39, 0.29) is 10.6 Å². The topological polar surface area (TPSA) is 46.5 Å². The van der Waals surface area contributed by atoms with Crippen LogP contribution in [-0.4, -0.2) is 18.2 Å². The number of rotatable bonds is 3. The molecular formula is C10H8ClF3O3. The van der Waals surface area contributed by atoms with Gasteiger partial charge in [0.1, 0.15) is 5.75 Å². The summed E-state index contributed by atoms with van der Waals surface area (Å²) >= 11 is 5.61. The number of carboxylic acid groups (broad SMARTS) is 1. The number of alkyl halides is 3. The Bertz CT molecular complexity index is 443. The Morgan fingerprint density at radius 1 is 1.47 bits per heavy atom. The number of aliphatic carboxylic acids is 1. The number of hydrogen-bond acceptors (Lipinski definition) is 2. The lowest BCUT2D eigenvalue weighted by molar-refractivity contribution is -0.139. The van der Waals surface area contributed by atoms with Crippen molar-refractivity contribution in [3.63, 3.8) is 0 Å². The van der Waals surface area contributed by atoms with Gasteiger partial charge in [0.05, 0.1) is 24.1 Å². The molecule has 17 heavy (non-hydrogen) atoms. The predicted octanol–water partition coefficient (Wildman–Crippen LogP) is 2.99. The van der Waals surface area contributed by atoms with E-state index in [1.807, 2.05) is 0 Å². The number of hydrogen-bond donors (Lipinski definition) is 1. The molecule has 0 aliphatic heterocycles. The molecule has 0 atom stereocenters. The number of carbonyl (C=O) groups is 1. The van der Waals surface area contributed by atoms with Crippen LogP contribution in [0.3, 0.4) is 0 Å². The molecule has 1 aromatic carbocycles. The number of benzene rings is 1. The zero-order valence-corrected chi connectivity index (χ0v) is 9.39. The molecule has 7 heteroatoms. The maximum Gasteiger partial charge on any atom is 0.420 e. The standard InChI is InChI=1S/C10H8ClF3O3/c1-17-9-6(10(12,13)14)2-5(3-7(9)11)4-8(15)16/h2-3H,4H2,1H3,(H,15,16). The smallest absolute Gasteiger partial charge is 0.420 e. The molecule has 0 fully saturated rings. The number of ether oxygens (including phenoxy) is 1. The first-order valence-corrected chi connectivity index (χ1v) is 4.79. The van der Waals surface area contributed by atoms with Crippen LogP contribution in [0.15, 0.2) is 12.1 Å².